The van der Waals surface area contributed by atoms with Gasteiger partial charge in [0.1, 0.15) is 0 Å². The first-order valence-corrected chi connectivity index (χ1v) is 8.17. The lowest BCUT2D eigenvalue weighted by atomic mass is 9.73. The number of rotatable bonds is 3. The van der Waals surface area contributed by atoms with Crippen LogP contribution in [-0.2, 0) is 6.42 Å². The molecule has 2 aromatic rings. The van der Waals surface area contributed by atoms with Crippen molar-refractivity contribution in [2.45, 2.75) is 40.5 Å². The first-order valence-electron chi connectivity index (χ1n) is 8.17. The van der Waals surface area contributed by atoms with Gasteiger partial charge in [0.25, 0.3) is 5.91 Å². The molecule has 0 aromatic carbocycles. The Hall–Kier alpha value is -2.50. The highest BCUT2D eigenvalue weighted by molar-refractivity contribution is 6.11. The summed E-state index contributed by atoms with van der Waals surface area (Å²) in [7, 11) is 0. The molecule has 0 fully saturated rings. The van der Waals surface area contributed by atoms with Gasteiger partial charge in [0, 0.05) is 24.1 Å². The van der Waals surface area contributed by atoms with Gasteiger partial charge in [-0.15, -0.1) is 0 Å². The molecule has 0 aliphatic heterocycles. The van der Waals surface area contributed by atoms with Crippen LogP contribution in [0, 0.1) is 12.3 Å². The summed E-state index contributed by atoms with van der Waals surface area (Å²) >= 11 is 0. The Morgan fingerprint density at radius 3 is 2.71 bits per heavy atom. The van der Waals surface area contributed by atoms with Gasteiger partial charge in [0.05, 0.1) is 35.2 Å². The lowest BCUT2D eigenvalue weighted by Crippen LogP contribution is -2.31. The summed E-state index contributed by atoms with van der Waals surface area (Å²) in [6.07, 6.45) is 4.35. The number of Topliss-reactive ketones (excluding diaryl/α,β-unsaturated/α-hetero) is 1. The highest BCUT2D eigenvalue weighted by Crippen LogP contribution is 2.39. The minimum absolute atomic E-state index is 0.0314. The maximum atomic E-state index is 12.9. The molecular formula is C18H22N4O2. The van der Waals surface area contributed by atoms with Crippen molar-refractivity contribution in [3.05, 3.63) is 35.0 Å². The molecule has 2 N–H and O–H groups in total. The first-order chi connectivity index (χ1) is 11.3. The van der Waals surface area contributed by atoms with Crippen LogP contribution in [0.25, 0.3) is 11.3 Å². The molecule has 6 nitrogen and oxygen atoms in total. The van der Waals surface area contributed by atoms with E-state index in [1.807, 2.05) is 13.8 Å². The number of aromatic amines is 1. The lowest BCUT2D eigenvalue weighted by molar-refractivity contribution is 0.0911. The summed E-state index contributed by atoms with van der Waals surface area (Å²) in [5.74, 6) is -0.184. The molecule has 126 valence electrons. The van der Waals surface area contributed by atoms with E-state index in [9.17, 15) is 9.59 Å². The number of hydrogen-bond acceptors (Lipinski definition) is 4. The molecule has 6 heteroatoms. The van der Waals surface area contributed by atoms with Crippen LogP contribution in [0.1, 0.15) is 59.3 Å². The summed E-state index contributed by atoms with van der Waals surface area (Å²) in [5.41, 5.74) is 3.59. The zero-order valence-corrected chi connectivity index (χ0v) is 14.5. The standard InChI is InChI=1S/C18H22N4O2/c1-5-20-17(24)14-10(2)22-11-6-18(3,4)7-13(23)15(11)16(14)12-8-19-9-21-12/h8-9H,5-7H2,1-4H3,(H,19,21)(H,20,24). The summed E-state index contributed by atoms with van der Waals surface area (Å²) in [5, 5.41) is 2.82. The van der Waals surface area contributed by atoms with Crippen molar-refractivity contribution in [1.82, 2.24) is 20.3 Å². The number of aromatic nitrogens is 3. The Morgan fingerprint density at radius 2 is 2.08 bits per heavy atom. The van der Waals surface area contributed by atoms with Gasteiger partial charge in [-0.1, -0.05) is 13.8 Å². The van der Waals surface area contributed by atoms with Crippen LogP contribution in [0.3, 0.4) is 0 Å². The lowest BCUT2D eigenvalue weighted by Gasteiger charge is -2.31. The number of imidazole rings is 1. The molecule has 0 saturated heterocycles. The third-order valence-electron chi connectivity index (χ3n) is 4.35. The number of carbonyl (C=O) groups excluding carboxylic acids is 2. The van der Waals surface area contributed by atoms with E-state index in [1.54, 1.807) is 12.5 Å². The van der Waals surface area contributed by atoms with Crippen LogP contribution >= 0.6 is 0 Å². The summed E-state index contributed by atoms with van der Waals surface area (Å²) in [6, 6.07) is 0. The molecule has 0 saturated carbocycles. The molecular weight excluding hydrogens is 304 g/mol. The molecule has 0 unspecified atom stereocenters. The number of hydrogen-bond donors (Lipinski definition) is 2. The first kappa shape index (κ1) is 16.4. The quantitative estimate of drug-likeness (QED) is 0.908. The van der Waals surface area contributed by atoms with Crippen LogP contribution in [0.2, 0.25) is 0 Å². The number of aryl methyl sites for hydroxylation is 1. The van der Waals surface area contributed by atoms with Crippen molar-refractivity contribution in [2.75, 3.05) is 6.54 Å². The van der Waals surface area contributed by atoms with Crippen LogP contribution in [0.5, 0.6) is 0 Å². The highest BCUT2D eigenvalue weighted by Gasteiger charge is 2.36. The van der Waals surface area contributed by atoms with E-state index < -0.39 is 0 Å². The third-order valence-corrected chi connectivity index (χ3v) is 4.35. The zero-order chi connectivity index (χ0) is 17.5. The van der Waals surface area contributed by atoms with Gasteiger partial charge in [0.2, 0.25) is 0 Å². The minimum atomic E-state index is -0.215. The molecule has 0 atom stereocenters. The van der Waals surface area contributed by atoms with Gasteiger partial charge in [-0.25, -0.2) is 4.98 Å². The fourth-order valence-electron chi connectivity index (χ4n) is 3.42. The van der Waals surface area contributed by atoms with E-state index in [4.69, 9.17) is 0 Å². The second-order valence-corrected chi connectivity index (χ2v) is 7.03. The topological polar surface area (TPSA) is 87.7 Å². The Balaban J connectivity index is 2.32. The number of nitrogens with one attached hydrogen (secondary N) is 2. The minimum Gasteiger partial charge on any atom is -0.352 e. The van der Waals surface area contributed by atoms with Crippen molar-refractivity contribution in [3.63, 3.8) is 0 Å². The zero-order valence-electron chi connectivity index (χ0n) is 14.5. The van der Waals surface area contributed by atoms with Crippen molar-refractivity contribution in [2.24, 2.45) is 5.41 Å². The van der Waals surface area contributed by atoms with Gasteiger partial charge in [0.15, 0.2) is 5.78 Å². The summed E-state index contributed by atoms with van der Waals surface area (Å²) < 4.78 is 0. The molecule has 1 amide bonds. The maximum absolute atomic E-state index is 12.9. The number of nitrogens with zero attached hydrogens (tertiary/aromatic N) is 2. The average molecular weight is 326 g/mol. The molecule has 0 bridgehead atoms. The average Bonchev–Trinajstić information content (AvgIpc) is 2.98. The molecule has 3 rings (SSSR count). The van der Waals surface area contributed by atoms with E-state index in [0.29, 0.717) is 47.5 Å². The van der Waals surface area contributed by atoms with Crippen molar-refractivity contribution >= 4 is 11.7 Å². The summed E-state index contributed by atoms with van der Waals surface area (Å²) in [6.45, 7) is 8.33. The highest BCUT2D eigenvalue weighted by atomic mass is 16.1. The maximum Gasteiger partial charge on any atom is 0.253 e. The molecule has 1 aliphatic carbocycles. The number of carbonyl (C=O) groups is 2. The largest absolute Gasteiger partial charge is 0.352 e. The smallest absolute Gasteiger partial charge is 0.253 e. The third kappa shape index (κ3) is 2.72. The van der Waals surface area contributed by atoms with Gasteiger partial charge in [-0.3, -0.25) is 14.6 Å². The van der Waals surface area contributed by atoms with Gasteiger partial charge in [-0.05, 0) is 25.7 Å². The molecule has 2 aromatic heterocycles. The monoisotopic (exact) mass is 326 g/mol. The number of pyridine rings is 1. The second-order valence-electron chi connectivity index (χ2n) is 7.03. The van der Waals surface area contributed by atoms with Crippen LogP contribution in [-0.4, -0.2) is 33.2 Å². The Kier molecular flexibility index (Phi) is 3.99. The van der Waals surface area contributed by atoms with E-state index in [1.165, 1.54) is 0 Å². The SMILES string of the molecule is CCNC(=O)c1c(C)nc2c(c1-c1cnc[nH]1)C(=O)CC(C)(C)C2. The molecule has 0 radical (unpaired) electrons. The van der Waals surface area contributed by atoms with Crippen molar-refractivity contribution in [1.29, 1.82) is 0 Å². The normalized spacial score (nSPS) is 15.9. The van der Waals surface area contributed by atoms with E-state index in [-0.39, 0.29) is 17.1 Å². The van der Waals surface area contributed by atoms with Gasteiger partial charge >= 0.3 is 0 Å². The predicted molar refractivity (Wildman–Crippen MR) is 91.0 cm³/mol. The Morgan fingerprint density at radius 1 is 1.33 bits per heavy atom. The molecule has 2 heterocycles. The number of ketones is 1. The molecule has 1 aliphatic rings. The predicted octanol–water partition coefficient (Wildman–Crippen LogP) is 2.68. The van der Waals surface area contributed by atoms with Crippen LogP contribution in [0.15, 0.2) is 12.5 Å². The van der Waals surface area contributed by atoms with Crippen molar-refractivity contribution < 1.29 is 9.59 Å². The number of fused-ring (bicyclic) bond motifs is 1. The fraction of sp³-hybridized carbons (Fsp3) is 0.444. The van der Waals surface area contributed by atoms with E-state index in [2.05, 4.69) is 34.1 Å². The Labute approximate surface area is 141 Å². The number of amides is 1. The number of H-pyrrole nitrogens is 1. The van der Waals surface area contributed by atoms with Crippen molar-refractivity contribution in [3.8, 4) is 11.3 Å². The van der Waals surface area contributed by atoms with Gasteiger partial charge < -0.3 is 10.3 Å². The Bertz CT molecular complexity index is 807. The van der Waals surface area contributed by atoms with E-state index in [0.717, 1.165) is 5.69 Å². The van der Waals surface area contributed by atoms with Gasteiger partial charge in [-0.2, -0.15) is 0 Å². The fourth-order valence-corrected chi connectivity index (χ4v) is 3.42. The van der Waals surface area contributed by atoms with E-state index >= 15 is 0 Å². The van der Waals surface area contributed by atoms with Crippen LogP contribution in [0.4, 0.5) is 0 Å². The van der Waals surface area contributed by atoms with Crippen LogP contribution < -0.4 is 5.32 Å². The second kappa shape index (κ2) is 5.85. The summed E-state index contributed by atoms with van der Waals surface area (Å²) in [4.78, 5) is 37.2. The molecule has 0 spiro atoms. The molecule has 24 heavy (non-hydrogen) atoms.